The molecule has 0 bridgehead atoms. The molecule has 3 aromatic rings. The summed E-state index contributed by atoms with van der Waals surface area (Å²) in [6.45, 7) is 0. The maximum Gasteiger partial charge on any atom is 0.410 e. The molecule has 0 unspecified atom stereocenters. The highest BCUT2D eigenvalue weighted by molar-refractivity contribution is 9.10. The number of hydrogen-bond acceptors (Lipinski definition) is 5. The average molecular weight is 374 g/mol. The Morgan fingerprint density at radius 2 is 2.00 bits per heavy atom. The molecule has 3 rings (SSSR count). The molecule has 0 aliphatic carbocycles. The molecule has 1 aromatic carbocycles. The van der Waals surface area contributed by atoms with E-state index < -0.39 is 6.09 Å². The number of carbonyl (C=O) groups is 1. The second-order valence-electron chi connectivity index (χ2n) is 4.63. The third kappa shape index (κ3) is 3.16. The van der Waals surface area contributed by atoms with E-state index in [1.165, 1.54) is 0 Å². The van der Waals surface area contributed by atoms with E-state index in [2.05, 4.69) is 30.9 Å². The molecule has 0 saturated heterocycles. The zero-order valence-electron chi connectivity index (χ0n) is 11.8. The van der Waals surface area contributed by atoms with Crippen molar-refractivity contribution in [2.45, 2.75) is 0 Å². The molecule has 2 heterocycles. The lowest BCUT2D eigenvalue weighted by Crippen LogP contribution is -2.16. The lowest BCUT2D eigenvalue weighted by atomic mass is 10.1. The highest BCUT2D eigenvalue weighted by Gasteiger charge is 2.17. The standard InChI is InChI=1S/C15H12BrN5O2/c16-9-7-19-14(17)21-13(9)10-6-11(23-15(18)22)12(20-10)8-4-2-1-3-5-8/h1-7,20H,(H2,18,22)(H2,17,19,21). The summed E-state index contributed by atoms with van der Waals surface area (Å²) in [6.07, 6.45) is 0.656. The van der Waals surface area contributed by atoms with Crippen LogP contribution in [0.25, 0.3) is 22.6 Å². The van der Waals surface area contributed by atoms with Gasteiger partial charge in [0.1, 0.15) is 5.69 Å². The van der Waals surface area contributed by atoms with Gasteiger partial charge in [-0.05, 0) is 15.9 Å². The van der Waals surface area contributed by atoms with Gasteiger partial charge in [0, 0.05) is 17.8 Å². The molecule has 0 aliphatic rings. The molecule has 23 heavy (non-hydrogen) atoms. The second kappa shape index (κ2) is 6.09. The molecular formula is C15H12BrN5O2. The molecule has 0 spiro atoms. The number of carbonyl (C=O) groups excluding carboxylic acids is 1. The summed E-state index contributed by atoms with van der Waals surface area (Å²) in [4.78, 5) is 22.4. The van der Waals surface area contributed by atoms with Crippen molar-refractivity contribution in [1.29, 1.82) is 0 Å². The Kier molecular flexibility index (Phi) is 3.98. The predicted molar refractivity (Wildman–Crippen MR) is 89.6 cm³/mol. The number of hydrogen-bond donors (Lipinski definition) is 3. The van der Waals surface area contributed by atoms with E-state index in [0.717, 1.165) is 5.56 Å². The highest BCUT2D eigenvalue weighted by atomic mass is 79.9. The number of aromatic nitrogens is 3. The summed E-state index contributed by atoms with van der Waals surface area (Å²) in [5, 5.41) is 0. The van der Waals surface area contributed by atoms with Crippen molar-refractivity contribution in [3.63, 3.8) is 0 Å². The van der Waals surface area contributed by atoms with Crippen LogP contribution in [0.5, 0.6) is 5.75 Å². The molecule has 0 fully saturated rings. The third-order valence-electron chi connectivity index (χ3n) is 3.07. The van der Waals surface area contributed by atoms with Crippen molar-refractivity contribution >= 4 is 28.0 Å². The van der Waals surface area contributed by atoms with E-state index in [1.54, 1.807) is 12.3 Å². The number of nitrogens with zero attached hydrogens (tertiary/aromatic N) is 2. The molecule has 0 atom stereocenters. The van der Waals surface area contributed by atoms with Gasteiger partial charge in [-0.2, -0.15) is 0 Å². The monoisotopic (exact) mass is 373 g/mol. The predicted octanol–water partition coefficient (Wildman–Crippen LogP) is 2.94. The number of H-pyrrole nitrogens is 1. The van der Waals surface area contributed by atoms with Gasteiger partial charge in [-0.15, -0.1) is 0 Å². The summed E-state index contributed by atoms with van der Waals surface area (Å²) >= 11 is 3.38. The largest absolute Gasteiger partial charge is 0.410 e. The van der Waals surface area contributed by atoms with Crippen molar-refractivity contribution in [1.82, 2.24) is 15.0 Å². The number of primary amides is 1. The van der Waals surface area contributed by atoms with Gasteiger partial charge < -0.3 is 21.2 Å². The van der Waals surface area contributed by atoms with Gasteiger partial charge in [0.25, 0.3) is 0 Å². The van der Waals surface area contributed by atoms with Gasteiger partial charge >= 0.3 is 6.09 Å². The van der Waals surface area contributed by atoms with Crippen LogP contribution in [0.1, 0.15) is 0 Å². The van der Waals surface area contributed by atoms with E-state index >= 15 is 0 Å². The number of aromatic amines is 1. The normalized spacial score (nSPS) is 10.5. The minimum Gasteiger partial charge on any atom is -0.408 e. The SMILES string of the molecule is NC(=O)Oc1cc(-c2nc(N)ncc2Br)[nH]c1-c1ccccc1. The minimum absolute atomic E-state index is 0.136. The Labute approximate surface area is 139 Å². The Hall–Kier alpha value is -2.87. The second-order valence-corrected chi connectivity index (χ2v) is 5.49. The third-order valence-corrected chi connectivity index (χ3v) is 3.65. The number of nitrogens with one attached hydrogen (secondary N) is 1. The zero-order valence-corrected chi connectivity index (χ0v) is 13.4. The number of nitrogen functional groups attached to an aromatic ring is 1. The van der Waals surface area contributed by atoms with E-state index in [0.29, 0.717) is 27.3 Å². The molecule has 0 aliphatic heterocycles. The lowest BCUT2D eigenvalue weighted by molar-refractivity contribution is 0.211. The van der Waals surface area contributed by atoms with Crippen LogP contribution in [0, 0.1) is 0 Å². The topological polar surface area (TPSA) is 120 Å². The van der Waals surface area contributed by atoms with Gasteiger partial charge in [-0.25, -0.2) is 14.8 Å². The number of halogens is 1. The smallest absolute Gasteiger partial charge is 0.408 e. The Bertz CT molecular complexity index is 864. The van der Waals surface area contributed by atoms with Crippen LogP contribution in [-0.4, -0.2) is 21.0 Å². The number of ether oxygens (including phenoxy) is 1. The zero-order chi connectivity index (χ0) is 16.4. The average Bonchev–Trinajstić information content (AvgIpc) is 2.93. The number of benzene rings is 1. The first-order valence-corrected chi connectivity index (χ1v) is 7.38. The maximum atomic E-state index is 11.2. The van der Waals surface area contributed by atoms with Gasteiger partial charge in [-0.1, -0.05) is 30.3 Å². The number of nitrogens with two attached hydrogens (primary N) is 2. The molecule has 1 amide bonds. The van der Waals surface area contributed by atoms with Crippen LogP contribution in [0.3, 0.4) is 0 Å². The molecule has 5 N–H and O–H groups in total. The van der Waals surface area contributed by atoms with Gasteiger partial charge in [-0.3, -0.25) is 0 Å². The first-order chi connectivity index (χ1) is 11.0. The maximum absolute atomic E-state index is 11.2. The Morgan fingerprint density at radius 3 is 2.70 bits per heavy atom. The molecule has 8 heteroatoms. The number of anilines is 1. The molecule has 7 nitrogen and oxygen atoms in total. The lowest BCUT2D eigenvalue weighted by Gasteiger charge is -2.03. The van der Waals surface area contributed by atoms with Crippen LogP contribution >= 0.6 is 15.9 Å². The number of rotatable bonds is 3. The summed E-state index contributed by atoms with van der Waals surface area (Å²) < 4.78 is 5.74. The summed E-state index contributed by atoms with van der Waals surface area (Å²) in [6, 6.07) is 11.0. The highest BCUT2D eigenvalue weighted by Crippen LogP contribution is 2.36. The summed E-state index contributed by atoms with van der Waals surface area (Å²) in [5.41, 5.74) is 13.4. The molecular weight excluding hydrogens is 362 g/mol. The van der Waals surface area contributed by atoms with E-state index in [1.807, 2.05) is 30.3 Å². The minimum atomic E-state index is -0.894. The van der Waals surface area contributed by atoms with E-state index in [-0.39, 0.29) is 5.95 Å². The fourth-order valence-corrected chi connectivity index (χ4v) is 2.55. The van der Waals surface area contributed by atoms with Gasteiger partial charge in [0.15, 0.2) is 5.75 Å². The molecule has 0 saturated carbocycles. The molecule has 116 valence electrons. The van der Waals surface area contributed by atoms with Crippen molar-refractivity contribution in [3.05, 3.63) is 47.1 Å². The first-order valence-electron chi connectivity index (χ1n) is 6.58. The van der Waals surface area contributed by atoms with Crippen LogP contribution in [0.4, 0.5) is 10.7 Å². The molecule has 2 aromatic heterocycles. The van der Waals surface area contributed by atoms with E-state index in [9.17, 15) is 4.79 Å². The van der Waals surface area contributed by atoms with Crippen LogP contribution in [0.15, 0.2) is 47.1 Å². The summed E-state index contributed by atoms with van der Waals surface area (Å²) in [5.74, 6) is 0.444. The quantitative estimate of drug-likeness (QED) is 0.651. The van der Waals surface area contributed by atoms with Crippen molar-refractivity contribution in [3.8, 4) is 28.4 Å². The van der Waals surface area contributed by atoms with Crippen LogP contribution in [0.2, 0.25) is 0 Å². The van der Waals surface area contributed by atoms with Crippen LogP contribution < -0.4 is 16.2 Å². The Morgan fingerprint density at radius 1 is 1.26 bits per heavy atom. The van der Waals surface area contributed by atoms with Crippen molar-refractivity contribution < 1.29 is 9.53 Å². The fourth-order valence-electron chi connectivity index (χ4n) is 2.14. The van der Waals surface area contributed by atoms with Crippen LogP contribution in [-0.2, 0) is 0 Å². The Balaban J connectivity index is 2.15. The van der Waals surface area contributed by atoms with Gasteiger partial charge in [0.2, 0.25) is 5.95 Å². The summed E-state index contributed by atoms with van der Waals surface area (Å²) in [7, 11) is 0. The fraction of sp³-hybridized carbons (Fsp3) is 0. The first kappa shape index (κ1) is 15.0. The number of amides is 1. The van der Waals surface area contributed by atoms with E-state index in [4.69, 9.17) is 16.2 Å². The van der Waals surface area contributed by atoms with Gasteiger partial charge in [0.05, 0.1) is 15.9 Å². The molecule has 0 radical (unpaired) electrons. The van der Waals surface area contributed by atoms with Crippen molar-refractivity contribution in [2.75, 3.05) is 5.73 Å². The van der Waals surface area contributed by atoms with Crippen molar-refractivity contribution in [2.24, 2.45) is 5.73 Å².